The summed E-state index contributed by atoms with van der Waals surface area (Å²) in [5, 5.41) is 13.2. The molecule has 0 saturated heterocycles. The van der Waals surface area contributed by atoms with Crippen LogP contribution in [0.5, 0.6) is 0 Å². The van der Waals surface area contributed by atoms with Gasteiger partial charge in [-0.1, -0.05) is 6.07 Å². The SMILES string of the molecule is CCOC(=O)CN(CC)C(=O)Nc1cccc([N+](=O)[O-])c1. The van der Waals surface area contributed by atoms with Crippen LogP contribution in [0.3, 0.4) is 0 Å². The Morgan fingerprint density at radius 2 is 2.10 bits per heavy atom. The van der Waals surface area contributed by atoms with Crippen molar-refractivity contribution in [2.75, 3.05) is 25.0 Å². The van der Waals surface area contributed by atoms with E-state index in [1.54, 1.807) is 13.8 Å². The van der Waals surface area contributed by atoms with Crippen LogP contribution in [0.25, 0.3) is 0 Å². The molecule has 0 aromatic heterocycles. The van der Waals surface area contributed by atoms with E-state index in [9.17, 15) is 19.7 Å². The van der Waals surface area contributed by atoms with Crippen molar-refractivity contribution in [1.82, 2.24) is 4.90 Å². The Kier molecular flexibility index (Phi) is 6.12. The molecule has 0 heterocycles. The minimum Gasteiger partial charge on any atom is -0.465 e. The summed E-state index contributed by atoms with van der Waals surface area (Å²) in [4.78, 5) is 34.7. The molecule has 8 heteroatoms. The van der Waals surface area contributed by atoms with Gasteiger partial charge in [0, 0.05) is 24.4 Å². The van der Waals surface area contributed by atoms with Gasteiger partial charge in [-0.2, -0.15) is 0 Å². The third kappa shape index (κ3) is 5.09. The molecule has 0 aliphatic heterocycles. The van der Waals surface area contributed by atoms with Crippen molar-refractivity contribution < 1.29 is 19.2 Å². The molecule has 0 aliphatic rings. The number of hydrogen-bond acceptors (Lipinski definition) is 5. The first-order valence-corrected chi connectivity index (χ1v) is 6.43. The second-order valence-electron chi connectivity index (χ2n) is 4.06. The first-order chi connectivity index (χ1) is 9.97. The number of nitro benzene ring substituents is 1. The van der Waals surface area contributed by atoms with Crippen LogP contribution in [0.4, 0.5) is 16.2 Å². The van der Waals surface area contributed by atoms with E-state index >= 15 is 0 Å². The number of non-ortho nitro benzene ring substituents is 1. The Hall–Kier alpha value is -2.64. The van der Waals surface area contributed by atoms with Crippen LogP contribution in [-0.4, -0.2) is 41.5 Å². The van der Waals surface area contributed by atoms with Gasteiger partial charge >= 0.3 is 12.0 Å². The Morgan fingerprint density at radius 1 is 1.38 bits per heavy atom. The average molecular weight is 295 g/mol. The summed E-state index contributed by atoms with van der Waals surface area (Å²) in [5.41, 5.74) is 0.165. The topological polar surface area (TPSA) is 102 Å². The molecule has 0 atom stereocenters. The number of carbonyl (C=O) groups is 2. The predicted octanol–water partition coefficient (Wildman–Crippen LogP) is 2.01. The van der Waals surface area contributed by atoms with Gasteiger partial charge in [0.2, 0.25) is 0 Å². The molecule has 0 radical (unpaired) electrons. The van der Waals surface area contributed by atoms with Gasteiger partial charge < -0.3 is 15.0 Å². The third-order valence-electron chi connectivity index (χ3n) is 2.60. The van der Waals surface area contributed by atoms with Crippen LogP contribution >= 0.6 is 0 Å². The van der Waals surface area contributed by atoms with Crippen LogP contribution in [0, 0.1) is 10.1 Å². The van der Waals surface area contributed by atoms with E-state index < -0.39 is 16.9 Å². The van der Waals surface area contributed by atoms with E-state index in [2.05, 4.69) is 5.32 Å². The van der Waals surface area contributed by atoms with E-state index in [0.29, 0.717) is 6.54 Å². The molecule has 0 spiro atoms. The van der Waals surface area contributed by atoms with Crippen molar-refractivity contribution in [3.63, 3.8) is 0 Å². The molecule has 1 rings (SSSR count). The van der Waals surface area contributed by atoms with Crippen molar-refractivity contribution in [1.29, 1.82) is 0 Å². The van der Waals surface area contributed by atoms with Gasteiger partial charge in [-0.3, -0.25) is 14.9 Å². The first-order valence-electron chi connectivity index (χ1n) is 6.43. The lowest BCUT2D eigenvalue weighted by Crippen LogP contribution is -2.39. The van der Waals surface area contributed by atoms with Crippen molar-refractivity contribution in [3.8, 4) is 0 Å². The average Bonchev–Trinajstić information content (AvgIpc) is 2.45. The summed E-state index contributed by atoms with van der Waals surface area (Å²) in [6.45, 7) is 3.76. The number of hydrogen-bond donors (Lipinski definition) is 1. The minimum atomic E-state index is -0.550. The van der Waals surface area contributed by atoms with Crippen molar-refractivity contribution in [3.05, 3.63) is 34.4 Å². The number of urea groups is 1. The maximum atomic E-state index is 12.0. The van der Waals surface area contributed by atoms with Crippen LogP contribution in [0.2, 0.25) is 0 Å². The molecule has 1 aromatic rings. The highest BCUT2D eigenvalue weighted by Gasteiger charge is 2.17. The molecule has 1 aromatic carbocycles. The number of nitrogens with zero attached hydrogens (tertiary/aromatic N) is 2. The normalized spacial score (nSPS) is 9.81. The number of ether oxygens (including phenoxy) is 1. The van der Waals surface area contributed by atoms with E-state index in [1.807, 2.05) is 0 Å². The summed E-state index contributed by atoms with van der Waals surface area (Å²) >= 11 is 0. The molecule has 0 aliphatic carbocycles. The number of carbonyl (C=O) groups excluding carboxylic acids is 2. The number of esters is 1. The zero-order valence-electron chi connectivity index (χ0n) is 11.9. The van der Waals surface area contributed by atoms with E-state index in [-0.39, 0.29) is 24.5 Å². The van der Waals surface area contributed by atoms with Gasteiger partial charge in [-0.25, -0.2) is 4.79 Å². The summed E-state index contributed by atoms with van der Waals surface area (Å²) in [5.74, 6) is -0.506. The van der Waals surface area contributed by atoms with Gasteiger partial charge in [0.15, 0.2) is 0 Å². The molecule has 0 fully saturated rings. The number of likely N-dealkylation sites (N-methyl/N-ethyl adjacent to an activating group) is 1. The maximum Gasteiger partial charge on any atom is 0.325 e. The number of nitro groups is 1. The lowest BCUT2D eigenvalue weighted by atomic mass is 10.3. The standard InChI is InChI=1S/C13H17N3O5/c1-3-15(9-12(17)21-4-2)13(18)14-10-6-5-7-11(8-10)16(19)20/h5-8H,3-4,9H2,1-2H3,(H,14,18). The highest BCUT2D eigenvalue weighted by Crippen LogP contribution is 2.17. The van der Waals surface area contributed by atoms with Gasteiger partial charge in [0.05, 0.1) is 11.5 Å². The fourth-order valence-electron chi connectivity index (χ4n) is 1.59. The van der Waals surface area contributed by atoms with E-state index in [0.717, 1.165) is 0 Å². The summed E-state index contributed by atoms with van der Waals surface area (Å²) in [6.07, 6.45) is 0. The summed E-state index contributed by atoms with van der Waals surface area (Å²) in [7, 11) is 0. The molecular formula is C13H17N3O5. The second-order valence-corrected chi connectivity index (χ2v) is 4.06. The van der Waals surface area contributed by atoms with Gasteiger partial charge in [0.1, 0.15) is 6.54 Å². The molecule has 1 N–H and O–H groups in total. The minimum absolute atomic E-state index is 0.124. The quantitative estimate of drug-likeness (QED) is 0.491. The van der Waals surface area contributed by atoms with Crippen LogP contribution in [0.1, 0.15) is 13.8 Å². The third-order valence-corrected chi connectivity index (χ3v) is 2.60. The largest absolute Gasteiger partial charge is 0.465 e. The Labute approximate surface area is 121 Å². The second kappa shape index (κ2) is 7.83. The van der Waals surface area contributed by atoms with Gasteiger partial charge in [0.25, 0.3) is 5.69 Å². The van der Waals surface area contributed by atoms with E-state index in [1.165, 1.54) is 29.2 Å². The zero-order chi connectivity index (χ0) is 15.8. The molecule has 8 nitrogen and oxygen atoms in total. The Morgan fingerprint density at radius 3 is 2.67 bits per heavy atom. The van der Waals surface area contributed by atoms with Crippen LogP contribution in [-0.2, 0) is 9.53 Å². The number of anilines is 1. The zero-order valence-corrected chi connectivity index (χ0v) is 11.9. The summed E-state index contributed by atoms with van der Waals surface area (Å²) < 4.78 is 4.78. The van der Waals surface area contributed by atoms with Crippen molar-refractivity contribution in [2.24, 2.45) is 0 Å². The predicted molar refractivity (Wildman–Crippen MR) is 76.0 cm³/mol. The molecule has 0 saturated carbocycles. The fourth-order valence-corrected chi connectivity index (χ4v) is 1.59. The monoisotopic (exact) mass is 295 g/mol. The molecule has 2 amide bonds. The highest BCUT2D eigenvalue weighted by atomic mass is 16.6. The van der Waals surface area contributed by atoms with Crippen molar-refractivity contribution >= 4 is 23.4 Å². The summed E-state index contributed by atoms with van der Waals surface area (Å²) in [6, 6.07) is 5.05. The smallest absolute Gasteiger partial charge is 0.325 e. The van der Waals surface area contributed by atoms with E-state index in [4.69, 9.17) is 4.74 Å². The first kappa shape index (κ1) is 16.4. The van der Waals surface area contributed by atoms with Crippen LogP contribution < -0.4 is 5.32 Å². The number of benzene rings is 1. The molecule has 0 bridgehead atoms. The number of amides is 2. The number of rotatable bonds is 6. The lowest BCUT2D eigenvalue weighted by Gasteiger charge is -2.20. The van der Waals surface area contributed by atoms with Crippen molar-refractivity contribution in [2.45, 2.75) is 13.8 Å². The number of nitrogens with one attached hydrogen (secondary N) is 1. The fraction of sp³-hybridized carbons (Fsp3) is 0.385. The Balaban J connectivity index is 2.71. The highest BCUT2D eigenvalue weighted by molar-refractivity contribution is 5.91. The Bertz CT molecular complexity index is 532. The molecule has 21 heavy (non-hydrogen) atoms. The lowest BCUT2D eigenvalue weighted by molar-refractivity contribution is -0.384. The molecular weight excluding hydrogens is 278 g/mol. The molecule has 114 valence electrons. The van der Waals surface area contributed by atoms with Gasteiger partial charge in [-0.05, 0) is 19.9 Å². The van der Waals surface area contributed by atoms with Gasteiger partial charge in [-0.15, -0.1) is 0 Å². The molecule has 0 unspecified atom stereocenters. The maximum absolute atomic E-state index is 12.0. The van der Waals surface area contributed by atoms with Crippen LogP contribution in [0.15, 0.2) is 24.3 Å².